The number of fused-ring (bicyclic) bond motifs is 6. The summed E-state index contributed by atoms with van der Waals surface area (Å²) in [5.74, 6) is 0. The van der Waals surface area contributed by atoms with E-state index in [1.54, 1.807) is 0 Å². The molecule has 5 aromatic rings. The van der Waals surface area contributed by atoms with Crippen LogP contribution in [0.15, 0.2) is 72.8 Å². The summed E-state index contributed by atoms with van der Waals surface area (Å²) in [7, 11) is 0. The maximum atomic E-state index is 2.35. The standard InChI is InChI=1S/C28H24/c1-17-6-5-7-21(12-17)24-15-20(4)16-27-22-10-8-18(2)13-25(22)26-14-19(3)9-11-23(26)28(24)27/h5-16H,1-4H3. The Balaban J connectivity index is 2.08. The van der Waals surface area contributed by atoms with Gasteiger partial charge in [0.1, 0.15) is 0 Å². The van der Waals surface area contributed by atoms with Crippen LogP contribution in [0, 0.1) is 27.7 Å². The largest absolute Gasteiger partial charge is 0.0614 e. The molecule has 0 aliphatic carbocycles. The van der Waals surface area contributed by atoms with Gasteiger partial charge in [0.15, 0.2) is 0 Å². The Morgan fingerprint density at radius 3 is 1.75 bits per heavy atom. The average molecular weight is 361 g/mol. The molecule has 0 aromatic heterocycles. The van der Waals surface area contributed by atoms with Gasteiger partial charge in [0, 0.05) is 0 Å². The van der Waals surface area contributed by atoms with Crippen molar-refractivity contribution in [2.24, 2.45) is 0 Å². The fourth-order valence-corrected chi connectivity index (χ4v) is 4.54. The Labute approximate surface area is 166 Å². The summed E-state index contributed by atoms with van der Waals surface area (Å²) in [5.41, 5.74) is 7.83. The normalized spacial score (nSPS) is 11.6. The van der Waals surface area contributed by atoms with Crippen LogP contribution in [0.4, 0.5) is 0 Å². The first-order chi connectivity index (χ1) is 13.5. The van der Waals surface area contributed by atoms with Gasteiger partial charge in [0.2, 0.25) is 0 Å². The van der Waals surface area contributed by atoms with E-state index in [1.165, 1.54) is 65.7 Å². The van der Waals surface area contributed by atoms with Crippen molar-refractivity contribution in [3.05, 3.63) is 95.1 Å². The van der Waals surface area contributed by atoms with E-state index in [-0.39, 0.29) is 0 Å². The minimum absolute atomic E-state index is 1.29. The molecule has 0 amide bonds. The lowest BCUT2D eigenvalue weighted by molar-refractivity contribution is 1.46. The quantitative estimate of drug-likeness (QED) is 0.265. The summed E-state index contributed by atoms with van der Waals surface area (Å²) in [6, 6.07) is 27.3. The molecule has 5 aromatic carbocycles. The number of benzene rings is 5. The highest BCUT2D eigenvalue weighted by atomic mass is 14.2. The number of hydrogen-bond donors (Lipinski definition) is 0. The summed E-state index contributed by atoms with van der Waals surface area (Å²) in [6.07, 6.45) is 0. The van der Waals surface area contributed by atoms with Gasteiger partial charge in [0.25, 0.3) is 0 Å². The van der Waals surface area contributed by atoms with Crippen molar-refractivity contribution in [3.63, 3.8) is 0 Å². The lowest BCUT2D eigenvalue weighted by Crippen LogP contribution is -1.90. The minimum atomic E-state index is 1.29. The third kappa shape index (κ3) is 2.60. The third-order valence-electron chi connectivity index (χ3n) is 5.81. The Morgan fingerprint density at radius 1 is 0.429 bits per heavy atom. The predicted octanol–water partition coefficient (Wildman–Crippen LogP) is 8.05. The summed E-state index contributed by atoms with van der Waals surface area (Å²) in [4.78, 5) is 0. The molecule has 0 saturated carbocycles. The van der Waals surface area contributed by atoms with Crippen molar-refractivity contribution >= 4 is 32.3 Å². The molecule has 0 heterocycles. The zero-order chi connectivity index (χ0) is 19.4. The van der Waals surface area contributed by atoms with E-state index in [4.69, 9.17) is 0 Å². The van der Waals surface area contributed by atoms with E-state index in [9.17, 15) is 0 Å². The van der Waals surface area contributed by atoms with Crippen LogP contribution in [0.5, 0.6) is 0 Å². The minimum Gasteiger partial charge on any atom is -0.0614 e. The molecule has 28 heavy (non-hydrogen) atoms. The molecule has 0 N–H and O–H groups in total. The van der Waals surface area contributed by atoms with E-state index < -0.39 is 0 Å². The van der Waals surface area contributed by atoms with Crippen LogP contribution in [-0.4, -0.2) is 0 Å². The van der Waals surface area contributed by atoms with Gasteiger partial charge in [-0.3, -0.25) is 0 Å². The van der Waals surface area contributed by atoms with E-state index in [0.717, 1.165) is 0 Å². The molecular formula is C28H24. The number of hydrogen-bond acceptors (Lipinski definition) is 0. The first kappa shape index (κ1) is 17.0. The molecule has 0 aliphatic rings. The van der Waals surface area contributed by atoms with Gasteiger partial charge in [-0.05, 0) is 76.7 Å². The molecule has 0 bridgehead atoms. The molecule has 5 rings (SSSR count). The van der Waals surface area contributed by atoms with Crippen LogP contribution in [-0.2, 0) is 0 Å². The fourth-order valence-electron chi connectivity index (χ4n) is 4.54. The molecule has 0 unspecified atom stereocenters. The van der Waals surface area contributed by atoms with E-state index in [2.05, 4.69) is 100 Å². The van der Waals surface area contributed by atoms with Gasteiger partial charge in [-0.2, -0.15) is 0 Å². The first-order valence-corrected chi connectivity index (χ1v) is 9.95. The van der Waals surface area contributed by atoms with Gasteiger partial charge in [-0.1, -0.05) is 89.5 Å². The lowest BCUT2D eigenvalue weighted by Gasteiger charge is -2.16. The Hall–Kier alpha value is -3.12. The van der Waals surface area contributed by atoms with Crippen molar-refractivity contribution in [2.45, 2.75) is 27.7 Å². The van der Waals surface area contributed by atoms with E-state index >= 15 is 0 Å². The molecule has 0 aliphatic heterocycles. The van der Waals surface area contributed by atoms with E-state index in [1.807, 2.05) is 0 Å². The summed E-state index contributed by atoms with van der Waals surface area (Å²) >= 11 is 0. The second-order valence-corrected chi connectivity index (χ2v) is 8.20. The molecule has 136 valence electrons. The van der Waals surface area contributed by atoms with Crippen LogP contribution in [0.1, 0.15) is 22.3 Å². The van der Waals surface area contributed by atoms with Crippen LogP contribution in [0.3, 0.4) is 0 Å². The number of aryl methyl sites for hydroxylation is 4. The zero-order valence-corrected chi connectivity index (χ0v) is 16.9. The Kier molecular flexibility index (Phi) is 3.77. The topological polar surface area (TPSA) is 0 Å². The summed E-state index contributed by atoms with van der Waals surface area (Å²) < 4.78 is 0. The summed E-state index contributed by atoms with van der Waals surface area (Å²) in [5, 5.41) is 8.10. The average Bonchev–Trinajstić information content (AvgIpc) is 2.67. The Morgan fingerprint density at radius 2 is 1.04 bits per heavy atom. The van der Waals surface area contributed by atoms with Crippen LogP contribution in [0.25, 0.3) is 43.4 Å². The van der Waals surface area contributed by atoms with Crippen LogP contribution in [0.2, 0.25) is 0 Å². The van der Waals surface area contributed by atoms with Crippen molar-refractivity contribution in [2.75, 3.05) is 0 Å². The van der Waals surface area contributed by atoms with Crippen LogP contribution < -0.4 is 0 Å². The SMILES string of the molecule is Cc1cccc(-c2cc(C)cc3c4ccc(C)cc4c4cc(C)ccc4c23)c1. The highest BCUT2D eigenvalue weighted by Gasteiger charge is 2.14. The van der Waals surface area contributed by atoms with E-state index in [0.29, 0.717) is 0 Å². The highest BCUT2D eigenvalue weighted by Crippen LogP contribution is 2.41. The molecule has 0 radical (unpaired) electrons. The second-order valence-electron chi connectivity index (χ2n) is 8.20. The fraction of sp³-hybridized carbons (Fsp3) is 0.143. The molecule has 0 saturated heterocycles. The predicted molar refractivity (Wildman–Crippen MR) is 123 cm³/mol. The maximum absolute atomic E-state index is 2.35. The monoisotopic (exact) mass is 360 g/mol. The maximum Gasteiger partial charge on any atom is -0.00202 e. The molecule has 0 spiro atoms. The van der Waals surface area contributed by atoms with Crippen molar-refractivity contribution in [1.29, 1.82) is 0 Å². The van der Waals surface area contributed by atoms with Gasteiger partial charge in [0.05, 0.1) is 0 Å². The van der Waals surface area contributed by atoms with Gasteiger partial charge >= 0.3 is 0 Å². The third-order valence-corrected chi connectivity index (χ3v) is 5.81. The van der Waals surface area contributed by atoms with Crippen LogP contribution >= 0.6 is 0 Å². The first-order valence-electron chi connectivity index (χ1n) is 9.95. The van der Waals surface area contributed by atoms with Crippen molar-refractivity contribution < 1.29 is 0 Å². The highest BCUT2D eigenvalue weighted by molar-refractivity contribution is 6.28. The smallest absolute Gasteiger partial charge is 0.00202 e. The lowest BCUT2D eigenvalue weighted by atomic mass is 9.87. The molecule has 0 heteroatoms. The molecule has 0 nitrogen and oxygen atoms in total. The molecule has 0 fully saturated rings. The van der Waals surface area contributed by atoms with Gasteiger partial charge in [-0.15, -0.1) is 0 Å². The van der Waals surface area contributed by atoms with Gasteiger partial charge in [-0.25, -0.2) is 0 Å². The van der Waals surface area contributed by atoms with Gasteiger partial charge < -0.3 is 0 Å². The zero-order valence-electron chi connectivity index (χ0n) is 16.9. The summed E-state index contributed by atoms with van der Waals surface area (Å²) in [6.45, 7) is 8.74. The number of rotatable bonds is 1. The Bertz CT molecular complexity index is 1390. The second kappa shape index (κ2) is 6.21. The molecular weight excluding hydrogens is 336 g/mol. The molecule has 0 atom stereocenters. The van der Waals surface area contributed by atoms with Crippen molar-refractivity contribution in [1.82, 2.24) is 0 Å². The van der Waals surface area contributed by atoms with Crippen molar-refractivity contribution in [3.8, 4) is 11.1 Å².